The van der Waals surface area contributed by atoms with E-state index in [9.17, 15) is 0 Å². The molecule has 0 atom stereocenters. The summed E-state index contributed by atoms with van der Waals surface area (Å²) in [4.78, 5) is 0. The van der Waals surface area contributed by atoms with E-state index >= 15 is 0 Å². The third kappa shape index (κ3) is 8.82. The second-order valence-electron chi connectivity index (χ2n) is 0. The Balaban J connectivity index is 0. The van der Waals surface area contributed by atoms with E-state index in [-0.39, 0.29) is 84.6 Å². The molecule has 0 aliphatic carbocycles. The molecule has 0 fully saturated rings. The molecule has 0 unspecified atom stereocenters. The fourth-order valence-corrected chi connectivity index (χ4v) is 0. The molecule has 0 spiro atoms. The first-order chi connectivity index (χ1) is 0. The van der Waals surface area contributed by atoms with Gasteiger partial charge in [0.25, 0.3) is 0 Å². The van der Waals surface area contributed by atoms with Crippen LogP contribution in [0.2, 0.25) is 0 Å². The molecule has 0 aliphatic rings. The van der Waals surface area contributed by atoms with Crippen LogP contribution in [0.25, 0.3) is 0 Å². The Morgan fingerprint density at radius 3 is 1.00 bits per heavy atom. The number of halogens is 1. The summed E-state index contributed by atoms with van der Waals surface area (Å²) in [7, 11) is 0. The Kier molecular flexibility index (Phi) is 134. The topological polar surface area (TPSA) is 0 Å². The van der Waals surface area contributed by atoms with E-state index in [2.05, 4.69) is 0 Å². The van der Waals surface area contributed by atoms with Gasteiger partial charge in [-0.15, -0.1) is 12.4 Å². The zero-order valence-electron chi connectivity index (χ0n) is 0.762. The SMILES string of the molecule is Cl.[AlH3].[CaH2].[Fe]. The Morgan fingerprint density at radius 1 is 1.00 bits per heavy atom. The standard InChI is InChI=1S/Al.Ca.ClH.Fe.5H/h;;1H;;;;;;. The van der Waals surface area contributed by atoms with Crippen molar-refractivity contribution in [3.63, 3.8) is 0 Å². The van der Waals surface area contributed by atoms with Gasteiger partial charge in [0.2, 0.25) is 0 Å². The van der Waals surface area contributed by atoms with Crippen LogP contribution in [0.3, 0.4) is 0 Å². The van der Waals surface area contributed by atoms with Crippen LogP contribution in [0.4, 0.5) is 0 Å². The van der Waals surface area contributed by atoms with Crippen molar-refractivity contribution in [3.8, 4) is 0 Å². The Morgan fingerprint density at radius 2 is 1.00 bits per heavy atom. The van der Waals surface area contributed by atoms with Gasteiger partial charge in [-0.2, -0.15) is 0 Å². The van der Waals surface area contributed by atoms with Crippen molar-refractivity contribution in [3.05, 3.63) is 0 Å². The molecule has 0 bridgehead atoms. The smallest absolute Gasteiger partial charge is 0 e. The van der Waals surface area contributed by atoms with Crippen LogP contribution in [0.15, 0.2) is 0 Å². The zero-order valence-corrected chi connectivity index (χ0v) is 2.68. The van der Waals surface area contributed by atoms with E-state index in [0.29, 0.717) is 0 Å². The summed E-state index contributed by atoms with van der Waals surface area (Å²) < 4.78 is 0. The summed E-state index contributed by atoms with van der Waals surface area (Å²) in [6.45, 7) is 0. The normalized spacial score (nSPS) is 0. The van der Waals surface area contributed by atoms with Crippen LogP contribution < -0.4 is 0 Å². The monoisotopic (exact) mass is 164 g/mol. The van der Waals surface area contributed by atoms with Gasteiger partial charge in [-0.1, -0.05) is 0 Å². The van der Waals surface area contributed by atoms with E-state index in [1.54, 1.807) is 0 Å². The van der Waals surface area contributed by atoms with E-state index in [0.717, 1.165) is 0 Å². The quantitative estimate of drug-likeness (QED) is 0.375. The molecule has 0 saturated carbocycles. The Labute approximate surface area is 83.1 Å². The van der Waals surface area contributed by atoms with Crippen molar-refractivity contribution >= 4 is 67.5 Å². The molecule has 0 saturated heterocycles. The van der Waals surface area contributed by atoms with E-state index in [1.165, 1.54) is 0 Å². The summed E-state index contributed by atoms with van der Waals surface area (Å²) in [6, 6.07) is 0. The molecule has 0 nitrogen and oxygen atoms in total. The average Bonchev–Trinajstić information content (AvgIpc) is 0. The van der Waals surface area contributed by atoms with Crippen LogP contribution in [0.5, 0.6) is 0 Å². The zero-order chi connectivity index (χ0) is 0. The summed E-state index contributed by atoms with van der Waals surface area (Å²) in [5.74, 6) is 0. The van der Waals surface area contributed by atoms with E-state index < -0.39 is 0 Å². The predicted octanol–water partition coefficient (Wildman–Crippen LogP) is -1.68. The van der Waals surface area contributed by atoms with Gasteiger partial charge in [0.15, 0.2) is 17.4 Å². The molecule has 0 aromatic heterocycles. The molecular formula is H6AlCaClFe. The molecule has 0 N–H and O–H groups in total. The summed E-state index contributed by atoms with van der Waals surface area (Å²) in [5, 5.41) is 0. The van der Waals surface area contributed by atoms with Gasteiger partial charge in [0.05, 0.1) is 0 Å². The molecule has 4 heavy (non-hydrogen) atoms. The van der Waals surface area contributed by atoms with Crippen LogP contribution in [0, 0.1) is 0 Å². The first-order valence-electron chi connectivity index (χ1n) is 0. The van der Waals surface area contributed by atoms with E-state index in [4.69, 9.17) is 0 Å². The molecule has 26 valence electrons. The minimum atomic E-state index is 0. The van der Waals surface area contributed by atoms with Gasteiger partial charge in [0, 0.05) is 17.1 Å². The van der Waals surface area contributed by atoms with Crippen molar-refractivity contribution in [2.45, 2.75) is 0 Å². The second kappa shape index (κ2) is 17.5. The molecule has 4 heteroatoms. The maximum absolute atomic E-state index is 0. The molecule has 0 heterocycles. The maximum atomic E-state index is 0. The number of rotatable bonds is 0. The number of hydrogen-bond acceptors (Lipinski definition) is 0. The minimum Gasteiger partial charge on any atom is 0 e. The van der Waals surface area contributed by atoms with Crippen LogP contribution in [-0.4, -0.2) is 55.1 Å². The maximum Gasteiger partial charge on any atom is 0 e. The van der Waals surface area contributed by atoms with Crippen LogP contribution in [-0.2, 0) is 17.1 Å². The van der Waals surface area contributed by atoms with Gasteiger partial charge < -0.3 is 0 Å². The van der Waals surface area contributed by atoms with Crippen molar-refractivity contribution in [2.24, 2.45) is 0 Å². The minimum absolute atomic E-state index is 0. The predicted molar refractivity (Wildman–Crippen MR) is 25.7 cm³/mol. The molecule has 0 radical (unpaired) electrons. The van der Waals surface area contributed by atoms with Gasteiger partial charge in [-0.3, -0.25) is 0 Å². The molecule has 0 rings (SSSR count). The first-order valence-corrected chi connectivity index (χ1v) is 0. The van der Waals surface area contributed by atoms with Crippen LogP contribution >= 0.6 is 12.4 Å². The van der Waals surface area contributed by atoms with Gasteiger partial charge >= 0.3 is 37.7 Å². The third-order valence-corrected chi connectivity index (χ3v) is 0. The summed E-state index contributed by atoms with van der Waals surface area (Å²) >= 11 is 0. The molecule has 0 aromatic carbocycles. The fraction of sp³-hybridized carbons (Fsp3) is 0. The molecule has 0 aromatic rings. The Hall–Kier alpha value is 2.60. The van der Waals surface area contributed by atoms with Crippen molar-refractivity contribution in [1.82, 2.24) is 0 Å². The largest absolute Gasteiger partial charge is 0 e. The van der Waals surface area contributed by atoms with Gasteiger partial charge in [0.1, 0.15) is 0 Å². The summed E-state index contributed by atoms with van der Waals surface area (Å²) in [6.07, 6.45) is 0. The average molecular weight is 164 g/mol. The third-order valence-electron chi connectivity index (χ3n) is 0. The van der Waals surface area contributed by atoms with Crippen molar-refractivity contribution in [1.29, 1.82) is 0 Å². The first kappa shape index (κ1) is 30.6. The molecule has 0 amide bonds. The van der Waals surface area contributed by atoms with E-state index in [1.807, 2.05) is 0 Å². The fourth-order valence-electron chi connectivity index (χ4n) is 0. The van der Waals surface area contributed by atoms with Crippen molar-refractivity contribution < 1.29 is 17.1 Å². The van der Waals surface area contributed by atoms with Crippen molar-refractivity contribution in [2.75, 3.05) is 0 Å². The molecular weight excluding hydrogens is 158 g/mol. The van der Waals surface area contributed by atoms with Gasteiger partial charge in [-0.25, -0.2) is 0 Å². The summed E-state index contributed by atoms with van der Waals surface area (Å²) in [5.41, 5.74) is 0. The van der Waals surface area contributed by atoms with Gasteiger partial charge in [-0.05, 0) is 0 Å². The molecule has 0 aliphatic heterocycles. The Bertz CT molecular complexity index is 8.00. The van der Waals surface area contributed by atoms with Crippen LogP contribution in [0.1, 0.15) is 0 Å². The second-order valence-corrected chi connectivity index (χ2v) is 0. The number of hydrogen-bond donors (Lipinski definition) is 0.